The lowest BCUT2D eigenvalue weighted by Crippen LogP contribution is -2.56. The van der Waals surface area contributed by atoms with Crippen molar-refractivity contribution in [3.8, 4) is 5.75 Å². The highest BCUT2D eigenvalue weighted by Crippen LogP contribution is 2.21. The molecule has 2 aliphatic heterocycles. The van der Waals surface area contributed by atoms with Crippen molar-refractivity contribution in [1.82, 2.24) is 14.7 Å². The highest BCUT2D eigenvalue weighted by molar-refractivity contribution is 5.95. The summed E-state index contributed by atoms with van der Waals surface area (Å²) in [6.45, 7) is 9.73. The lowest BCUT2D eigenvalue weighted by atomic mass is 10.0. The molecule has 5 heteroatoms. The van der Waals surface area contributed by atoms with E-state index in [2.05, 4.69) is 14.7 Å². The summed E-state index contributed by atoms with van der Waals surface area (Å²) in [7, 11) is 0. The third-order valence-corrected chi connectivity index (χ3v) is 6.40. The number of para-hydroxylation sites is 1. The standard InChI is InChI=1S/C25H33N3O2/c1-21-8-5-6-12-24(21)25(29)28-13-7-9-22(20-28)27-16-14-26(15-17-27)18-19-30-23-10-3-2-4-11-23/h2-6,8,10-12,22H,7,9,13-20H2,1H3. The zero-order valence-corrected chi connectivity index (χ0v) is 18.0. The first-order valence-electron chi connectivity index (χ1n) is 11.2. The van der Waals surface area contributed by atoms with E-state index >= 15 is 0 Å². The van der Waals surface area contributed by atoms with Gasteiger partial charge < -0.3 is 9.64 Å². The molecule has 1 unspecified atom stereocenters. The minimum Gasteiger partial charge on any atom is -0.492 e. The van der Waals surface area contributed by atoms with E-state index in [4.69, 9.17) is 4.74 Å². The number of rotatable bonds is 6. The van der Waals surface area contributed by atoms with E-state index in [1.165, 1.54) is 6.42 Å². The second-order valence-electron chi connectivity index (χ2n) is 8.40. The number of aryl methyl sites for hydroxylation is 1. The van der Waals surface area contributed by atoms with Crippen molar-refractivity contribution in [2.75, 3.05) is 52.4 Å². The minimum atomic E-state index is 0.189. The Morgan fingerprint density at radius 3 is 2.47 bits per heavy atom. The Kier molecular flexibility index (Phi) is 7.03. The number of hydrogen-bond acceptors (Lipinski definition) is 4. The molecule has 0 radical (unpaired) electrons. The number of nitrogens with zero attached hydrogens (tertiary/aromatic N) is 3. The van der Waals surface area contributed by atoms with Gasteiger partial charge in [0.2, 0.25) is 0 Å². The Hall–Kier alpha value is -2.37. The number of amides is 1. The van der Waals surface area contributed by atoms with E-state index in [0.717, 1.165) is 75.7 Å². The zero-order valence-electron chi connectivity index (χ0n) is 18.0. The summed E-state index contributed by atoms with van der Waals surface area (Å²) in [5.74, 6) is 1.13. The Morgan fingerprint density at radius 1 is 0.967 bits per heavy atom. The lowest BCUT2D eigenvalue weighted by molar-refractivity contribution is 0.0398. The molecule has 160 valence electrons. The normalized spacial score (nSPS) is 20.8. The monoisotopic (exact) mass is 407 g/mol. The van der Waals surface area contributed by atoms with Gasteiger partial charge in [-0.05, 0) is 43.5 Å². The molecule has 0 N–H and O–H groups in total. The van der Waals surface area contributed by atoms with Crippen LogP contribution in [0.3, 0.4) is 0 Å². The topological polar surface area (TPSA) is 36.0 Å². The van der Waals surface area contributed by atoms with Crippen molar-refractivity contribution in [1.29, 1.82) is 0 Å². The van der Waals surface area contributed by atoms with Gasteiger partial charge in [0.15, 0.2) is 0 Å². The number of likely N-dealkylation sites (tertiary alicyclic amines) is 1. The first kappa shape index (κ1) is 20.9. The number of benzene rings is 2. The summed E-state index contributed by atoms with van der Waals surface area (Å²) in [6.07, 6.45) is 2.28. The van der Waals surface area contributed by atoms with Crippen molar-refractivity contribution in [2.45, 2.75) is 25.8 Å². The fourth-order valence-corrected chi connectivity index (χ4v) is 4.58. The van der Waals surface area contributed by atoms with Crippen LogP contribution in [0.2, 0.25) is 0 Å². The summed E-state index contributed by atoms with van der Waals surface area (Å²) in [6, 6.07) is 18.4. The van der Waals surface area contributed by atoms with Crippen molar-refractivity contribution in [3.05, 3.63) is 65.7 Å². The Labute approximate surface area is 180 Å². The van der Waals surface area contributed by atoms with Gasteiger partial charge in [-0.15, -0.1) is 0 Å². The molecule has 0 spiro atoms. The highest BCUT2D eigenvalue weighted by Gasteiger charge is 2.30. The van der Waals surface area contributed by atoms with Crippen LogP contribution in [-0.4, -0.2) is 79.1 Å². The highest BCUT2D eigenvalue weighted by atomic mass is 16.5. The van der Waals surface area contributed by atoms with Crippen LogP contribution in [0.15, 0.2) is 54.6 Å². The predicted octanol–water partition coefficient (Wildman–Crippen LogP) is 3.30. The van der Waals surface area contributed by atoms with Gasteiger partial charge in [-0.1, -0.05) is 36.4 Å². The van der Waals surface area contributed by atoms with Crippen LogP contribution in [0, 0.1) is 6.92 Å². The van der Waals surface area contributed by atoms with Crippen LogP contribution in [0.4, 0.5) is 0 Å². The van der Waals surface area contributed by atoms with Crippen molar-refractivity contribution < 1.29 is 9.53 Å². The van der Waals surface area contributed by atoms with Crippen LogP contribution in [0.1, 0.15) is 28.8 Å². The SMILES string of the molecule is Cc1ccccc1C(=O)N1CCCC(N2CCN(CCOc3ccccc3)CC2)C1. The molecule has 30 heavy (non-hydrogen) atoms. The fraction of sp³-hybridized carbons (Fsp3) is 0.480. The van der Waals surface area contributed by atoms with Crippen molar-refractivity contribution in [3.63, 3.8) is 0 Å². The van der Waals surface area contributed by atoms with Gasteiger partial charge in [0.1, 0.15) is 12.4 Å². The molecule has 0 aromatic heterocycles. The Balaban J connectivity index is 1.23. The fourth-order valence-electron chi connectivity index (χ4n) is 4.58. The molecule has 2 aromatic rings. The summed E-state index contributed by atoms with van der Waals surface area (Å²) in [4.78, 5) is 20.2. The first-order valence-corrected chi connectivity index (χ1v) is 11.2. The van der Waals surface area contributed by atoms with Crippen LogP contribution in [-0.2, 0) is 0 Å². The van der Waals surface area contributed by atoms with Crippen LogP contribution in [0.5, 0.6) is 5.75 Å². The maximum atomic E-state index is 13.0. The van der Waals surface area contributed by atoms with Crippen LogP contribution >= 0.6 is 0 Å². The second kappa shape index (κ2) is 10.1. The average Bonchev–Trinajstić information content (AvgIpc) is 2.80. The third-order valence-electron chi connectivity index (χ3n) is 6.40. The third kappa shape index (κ3) is 5.21. The second-order valence-corrected chi connectivity index (χ2v) is 8.40. The van der Waals surface area contributed by atoms with Gasteiger partial charge in [-0.25, -0.2) is 0 Å². The molecule has 1 atom stereocenters. The summed E-state index contributed by atoms with van der Waals surface area (Å²) < 4.78 is 5.84. The lowest BCUT2D eigenvalue weighted by Gasteiger charge is -2.43. The molecule has 2 aromatic carbocycles. The van der Waals surface area contributed by atoms with E-state index in [9.17, 15) is 4.79 Å². The molecule has 1 amide bonds. The van der Waals surface area contributed by atoms with E-state index in [-0.39, 0.29) is 5.91 Å². The summed E-state index contributed by atoms with van der Waals surface area (Å²) in [5, 5.41) is 0. The molecule has 5 nitrogen and oxygen atoms in total. The number of carbonyl (C=O) groups excluding carboxylic acids is 1. The van der Waals surface area contributed by atoms with Gasteiger partial charge in [0.05, 0.1) is 0 Å². The number of piperidine rings is 1. The van der Waals surface area contributed by atoms with Gasteiger partial charge in [-0.3, -0.25) is 14.6 Å². The number of carbonyl (C=O) groups is 1. The maximum absolute atomic E-state index is 13.0. The largest absolute Gasteiger partial charge is 0.492 e. The van der Waals surface area contributed by atoms with Gasteiger partial charge in [0.25, 0.3) is 5.91 Å². The van der Waals surface area contributed by atoms with Crippen molar-refractivity contribution >= 4 is 5.91 Å². The van der Waals surface area contributed by atoms with Crippen LogP contribution < -0.4 is 4.74 Å². The van der Waals surface area contributed by atoms with Gasteiger partial charge in [0, 0.05) is 57.4 Å². The molecule has 2 fully saturated rings. The molecular weight excluding hydrogens is 374 g/mol. The molecule has 4 rings (SSSR count). The van der Waals surface area contributed by atoms with E-state index in [0.29, 0.717) is 6.04 Å². The summed E-state index contributed by atoms with van der Waals surface area (Å²) >= 11 is 0. The molecule has 0 bridgehead atoms. The van der Waals surface area contributed by atoms with Crippen LogP contribution in [0.25, 0.3) is 0 Å². The smallest absolute Gasteiger partial charge is 0.254 e. The predicted molar refractivity (Wildman–Crippen MR) is 120 cm³/mol. The number of ether oxygens (including phenoxy) is 1. The number of hydrogen-bond donors (Lipinski definition) is 0. The van der Waals surface area contributed by atoms with Crippen molar-refractivity contribution in [2.24, 2.45) is 0 Å². The van der Waals surface area contributed by atoms with E-state index in [1.54, 1.807) is 0 Å². The quantitative estimate of drug-likeness (QED) is 0.736. The molecule has 2 heterocycles. The molecule has 2 saturated heterocycles. The average molecular weight is 408 g/mol. The number of piperazine rings is 1. The molecule has 2 aliphatic rings. The molecule has 0 aliphatic carbocycles. The summed E-state index contributed by atoms with van der Waals surface area (Å²) in [5.41, 5.74) is 1.91. The van der Waals surface area contributed by atoms with E-state index in [1.807, 2.05) is 61.5 Å². The Morgan fingerprint density at radius 2 is 1.70 bits per heavy atom. The molecule has 0 saturated carbocycles. The zero-order chi connectivity index (χ0) is 20.8. The van der Waals surface area contributed by atoms with E-state index < -0.39 is 0 Å². The van der Waals surface area contributed by atoms with Gasteiger partial charge >= 0.3 is 0 Å². The first-order chi connectivity index (χ1) is 14.7. The molecular formula is C25H33N3O2. The van der Waals surface area contributed by atoms with Gasteiger partial charge in [-0.2, -0.15) is 0 Å². The Bertz CT molecular complexity index is 818. The maximum Gasteiger partial charge on any atom is 0.254 e. The minimum absolute atomic E-state index is 0.189.